The number of carbonyl (C=O) groups excluding carboxylic acids is 2. The van der Waals surface area contributed by atoms with E-state index in [2.05, 4.69) is 9.69 Å². The molecule has 0 bridgehead atoms. The maximum absolute atomic E-state index is 13.9. The first-order valence-corrected chi connectivity index (χ1v) is 8.92. The number of nitrogens with one attached hydrogen (secondary N) is 1. The number of rotatable bonds is 6. The maximum Gasteiger partial charge on any atom is 0.417 e. The van der Waals surface area contributed by atoms with Gasteiger partial charge in [0.05, 0.1) is 0 Å². The van der Waals surface area contributed by atoms with Crippen molar-refractivity contribution in [2.75, 3.05) is 5.32 Å². The number of anilines is 1. The number of amides is 2. The third kappa shape index (κ3) is 4.63. The van der Waals surface area contributed by atoms with Crippen LogP contribution in [0.2, 0.25) is 0 Å². The van der Waals surface area contributed by atoms with Crippen molar-refractivity contribution in [3.8, 4) is 11.6 Å². The van der Waals surface area contributed by atoms with E-state index in [1.807, 2.05) is 0 Å². The number of hydrogen-bond acceptors (Lipinski definition) is 6. The fourth-order valence-corrected chi connectivity index (χ4v) is 3.03. The Labute approximate surface area is 164 Å². The molecule has 1 heterocycles. The summed E-state index contributed by atoms with van der Waals surface area (Å²) in [5.41, 5.74) is 6.35. The van der Waals surface area contributed by atoms with Gasteiger partial charge in [-0.15, -0.1) is 0 Å². The highest BCUT2D eigenvalue weighted by molar-refractivity contribution is 7.11. The molecular weight excluding hydrogens is 385 g/mol. The summed E-state index contributed by atoms with van der Waals surface area (Å²) in [7, 11) is 0. The molecule has 0 saturated carbocycles. The van der Waals surface area contributed by atoms with Gasteiger partial charge in [-0.2, -0.15) is 4.37 Å². The molecule has 0 radical (unpaired) electrons. The zero-order chi connectivity index (χ0) is 20.1. The van der Waals surface area contributed by atoms with Crippen molar-refractivity contribution in [2.45, 2.75) is 13.5 Å². The monoisotopic (exact) mass is 401 g/mol. The molecular formula is C19H16FN3O4S. The van der Waals surface area contributed by atoms with Crippen molar-refractivity contribution in [3.63, 3.8) is 0 Å². The highest BCUT2D eigenvalue weighted by atomic mass is 32.1. The number of benzene rings is 2. The van der Waals surface area contributed by atoms with Crippen molar-refractivity contribution in [1.82, 2.24) is 4.37 Å². The number of ether oxygens (including phenoxy) is 2. The van der Waals surface area contributed by atoms with E-state index in [0.717, 1.165) is 17.1 Å². The Morgan fingerprint density at radius 2 is 1.96 bits per heavy atom. The predicted octanol–water partition coefficient (Wildman–Crippen LogP) is 3.88. The molecule has 3 N–H and O–H groups in total. The second-order valence-electron chi connectivity index (χ2n) is 5.77. The summed E-state index contributed by atoms with van der Waals surface area (Å²) in [6.07, 6.45) is -0.812. The number of para-hydroxylation sites is 1. The van der Waals surface area contributed by atoms with E-state index in [4.69, 9.17) is 15.2 Å². The van der Waals surface area contributed by atoms with Gasteiger partial charge in [-0.25, -0.2) is 9.18 Å². The Morgan fingerprint density at radius 3 is 2.64 bits per heavy atom. The minimum Gasteiger partial charge on any atom is -0.471 e. The first-order chi connectivity index (χ1) is 13.4. The Kier molecular flexibility index (Phi) is 5.85. The van der Waals surface area contributed by atoms with Gasteiger partial charge < -0.3 is 15.2 Å². The van der Waals surface area contributed by atoms with E-state index in [9.17, 15) is 14.0 Å². The van der Waals surface area contributed by atoms with E-state index < -0.39 is 17.8 Å². The lowest BCUT2D eigenvalue weighted by molar-refractivity contribution is 0.0996. The molecule has 0 fully saturated rings. The van der Waals surface area contributed by atoms with Crippen LogP contribution < -0.4 is 20.5 Å². The highest BCUT2D eigenvalue weighted by Gasteiger charge is 2.23. The summed E-state index contributed by atoms with van der Waals surface area (Å²) in [5, 5.41) is 2.49. The Hall–Kier alpha value is -3.46. The van der Waals surface area contributed by atoms with Gasteiger partial charge in [0.2, 0.25) is 5.88 Å². The standard InChI is InChI=1S/C19H16FN3O4S/c1-11-7-8-12(14(20)9-11)10-26-17-15(16(21)24)18(28-23-17)22-19(25)27-13-5-3-2-4-6-13/h2-9H,10H2,1H3,(H2,21,24)(H,22,25). The van der Waals surface area contributed by atoms with E-state index in [0.29, 0.717) is 11.3 Å². The molecule has 3 aromatic rings. The Balaban J connectivity index is 1.72. The lowest BCUT2D eigenvalue weighted by atomic mass is 10.1. The highest BCUT2D eigenvalue weighted by Crippen LogP contribution is 2.31. The van der Waals surface area contributed by atoms with E-state index >= 15 is 0 Å². The number of nitrogens with zero attached hydrogens (tertiary/aromatic N) is 1. The van der Waals surface area contributed by atoms with Crippen LogP contribution in [0, 0.1) is 12.7 Å². The van der Waals surface area contributed by atoms with E-state index in [-0.39, 0.29) is 23.1 Å². The number of primary amides is 1. The van der Waals surface area contributed by atoms with Crippen molar-refractivity contribution in [2.24, 2.45) is 5.73 Å². The quantitative estimate of drug-likeness (QED) is 0.652. The van der Waals surface area contributed by atoms with Crippen LogP contribution in [0.4, 0.5) is 14.2 Å². The second-order valence-corrected chi connectivity index (χ2v) is 6.54. The number of hydrogen-bond donors (Lipinski definition) is 2. The van der Waals surface area contributed by atoms with Gasteiger partial charge in [0.15, 0.2) is 0 Å². The van der Waals surface area contributed by atoms with Crippen molar-refractivity contribution in [1.29, 1.82) is 0 Å². The molecule has 1 aromatic heterocycles. The molecule has 3 rings (SSSR count). The maximum atomic E-state index is 13.9. The average Bonchev–Trinajstić information content (AvgIpc) is 3.04. The van der Waals surface area contributed by atoms with Crippen LogP contribution in [0.15, 0.2) is 48.5 Å². The molecule has 0 aliphatic carbocycles. The molecule has 144 valence electrons. The SMILES string of the molecule is Cc1ccc(COc2nsc(NC(=O)Oc3ccccc3)c2C(N)=O)c(F)c1. The van der Waals surface area contributed by atoms with Crippen LogP contribution in [0.3, 0.4) is 0 Å². The average molecular weight is 401 g/mol. The minimum atomic E-state index is -0.844. The number of aryl methyl sites for hydroxylation is 1. The third-order valence-corrected chi connectivity index (χ3v) is 4.40. The minimum absolute atomic E-state index is 0.0767. The molecule has 0 unspecified atom stereocenters. The van der Waals surface area contributed by atoms with Gasteiger partial charge in [-0.3, -0.25) is 10.1 Å². The number of carbonyl (C=O) groups is 2. The van der Waals surface area contributed by atoms with Crippen molar-refractivity contribution < 1.29 is 23.5 Å². The van der Waals surface area contributed by atoms with Gasteiger partial charge in [0, 0.05) is 5.56 Å². The molecule has 7 nitrogen and oxygen atoms in total. The smallest absolute Gasteiger partial charge is 0.417 e. The van der Waals surface area contributed by atoms with Crippen LogP contribution in [0.1, 0.15) is 21.5 Å². The van der Waals surface area contributed by atoms with Gasteiger partial charge in [-0.1, -0.05) is 30.3 Å². The summed E-state index contributed by atoms with van der Waals surface area (Å²) in [5.74, 6) is -1.03. The van der Waals surface area contributed by atoms with E-state index in [1.165, 1.54) is 6.07 Å². The molecule has 0 aliphatic rings. The zero-order valence-corrected chi connectivity index (χ0v) is 15.6. The Bertz CT molecular complexity index is 1010. The summed E-state index contributed by atoms with van der Waals surface area (Å²) < 4.78 is 28.5. The van der Waals surface area contributed by atoms with Crippen LogP contribution in [0.25, 0.3) is 0 Å². The number of aromatic nitrogens is 1. The van der Waals surface area contributed by atoms with Crippen molar-refractivity contribution >= 4 is 28.5 Å². The zero-order valence-electron chi connectivity index (χ0n) is 14.8. The first-order valence-electron chi connectivity index (χ1n) is 8.15. The first kappa shape index (κ1) is 19.3. The van der Waals surface area contributed by atoms with Crippen LogP contribution in [-0.2, 0) is 6.61 Å². The number of halogens is 1. The molecule has 0 aliphatic heterocycles. The number of nitrogens with two attached hydrogens (primary N) is 1. The molecule has 0 saturated heterocycles. The normalized spacial score (nSPS) is 10.4. The summed E-state index contributed by atoms with van der Waals surface area (Å²) >= 11 is 0.804. The van der Waals surface area contributed by atoms with Gasteiger partial charge in [0.1, 0.15) is 28.7 Å². The van der Waals surface area contributed by atoms with Gasteiger partial charge in [-0.05, 0) is 42.2 Å². The lowest BCUT2D eigenvalue weighted by Gasteiger charge is -2.08. The second kappa shape index (κ2) is 8.49. The third-order valence-electron chi connectivity index (χ3n) is 3.65. The summed E-state index contributed by atoms with van der Waals surface area (Å²) in [4.78, 5) is 23.8. The molecule has 0 atom stereocenters. The van der Waals surface area contributed by atoms with Gasteiger partial charge in [0.25, 0.3) is 5.91 Å². The largest absolute Gasteiger partial charge is 0.471 e. The molecule has 0 spiro atoms. The van der Waals surface area contributed by atoms with Crippen LogP contribution in [0.5, 0.6) is 11.6 Å². The van der Waals surface area contributed by atoms with Crippen molar-refractivity contribution in [3.05, 3.63) is 71.0 Å². The molecule has 2 aromatic carbocycles. The molecule has 2 amide bonds. The lowest BCUT2D eigenvalue weighted by Crippen LogP contribution is -2.20. The van der Waals surface area contributed by atoms with Crippen LogP contribution in [-0.4, -0.2) is 16.4 Å². The fraction of sp³-hybridized carbons (Fsp3) is 0.105. The van der Waals surface area contributed by atoms with Gasteiger partial charge >= 0.3 is 6.09 Å². The molecule has 9 heteroatoms. The summed E-state index contributed by atoms with van der Waals surface area (Å²) in [6.45, 7) is 1.62. The molecule has 28 heavy (non-hydrogen) atoms. The van der Waals surface area contributed by atoms with Crippen LogP contribution >= 0.6 is 11.5 Å². The summed E-state index contributed by atoms with van der Waals surface area (Å²) in [6, 6.07) is 13.1. The Morgan fingerprint density at radius 1 is 1.21 bits per heavy atom. The topological polar surface area (TPSA) is 104 Å². The predicted molar refractivity (Wildman–Crippen MR) is 102 cm³/mol. The van der Waals surface area contributed by atoms with E-state index in [1.54, 1.807) is 49.4 Å². The fourth-order valence-electron chi connectivity index (χ4n) is 2.31.